The van der Waals surface area contributed by atoms with E-state index < -0.39 is 29.0 Å². The maximum absolute atomic E-state index is 15.5. The number of halogens is 4. The number of fused-ring (bicyclic) bond motifs is 2. The van der Waals surface area contributed by atoms with Gasteiger partial charge in [-0.3, -0.25) is 18.7 Å². The van der Waals surface area contributed by atoms with Crippen LogP contribution in [-0.4, -0.2) is 83.7 Å². The van der Waals surface area contributed by atoms with Crippen LogP contribution < -0.4 is 50.9 Å². The van der Waals surface area contributed by atoms with Crippen molar-refractivity contribution >= 4 is 44.6 Å². The van der Waals surface area contributed by atoms with Crippen molar-refractivity contribution in [2.75, 3.05) is 58.4 Å². The zero-order valence-electron chi connectivity index (χ0n) is 45.1. The second kappa shape index (κ2) is 27.3. The number of nitrogens with zero attached hydrogens (tertiary/aromatic N) is 7. The lowest BCUT2D eigenvalue weighted by molar-refractivity contribution is 0.358. The Hall–Kier alpha value is -8.75. The SMILES string of the molecule is CC(C)C.CN.COc1cc(OC)c(F)c(N(CCNC(C)C)c2ccc3ncn(-c4ccccc4)c(=O)c3c2)c1F.COc1cc(OC)c(F)c(N(Cc2ncc[nH]2)c2ccc3ncn(-c4ccccc4)c(=O)c3c2)c1F. The largest absolute Gasteiger partial charge is 0.493 e. The molecule has 6 aromatic carbocycles. The van der Waals surface area contributed by atoms with Gasteiger partial charge in [-0.1, -0.05) is 71.0 Å². The highest BCUT2D eigenvalue weighted by Gasteiger charge is 2.29. The summed E-state index contributed by atoms with van der Waals surface area (Å²) in [5.74, 6) is -2.99. The highest BCUT2D eigenvalue weighted by atomic mass is 19.1. The number of rotatable bonds is 16. The van der Waals surface area contributed by atoms with E-state index in [2.05, 4.69) is 51.8 Å². The number of H-pyrrole nitrogens is 1. The second-order valence-electron chi connectivity index (χ2n) is 18.0. The summed E-state index contributed by atoms with van der Waals surface area (Å²) in [4.78, 5) is 45.6. The normalized spacial score (nSPS) is 10.8. The van der Waals surface area contributed by atoms with Gasteiger partial charge in [-0.25, -0.2) is 32.5 Å². The summed E-state index contributed by atoms with van der Waals surface area (Å²) in [5, 5.41) is 3.86. The summed E-state index contributed by atoms with van der Waals surface area (Å²) in [7, 11) is 6.67. The molecule has 0 spiro atoms. The van der Waals surface area contributed by atoms with Gasteiger partial charge >= 0.3 is 0 Å². The van der Waals surface area contributed by atoms with E-state index in [1.165, 1.54) is 79.3 Å². The maximum atomic E-state index is 15.5. The van der Waals surface area contributed by atoms with Crippen LogP contribution in [-0.2, 0) is 6.54 Å². The van der Waals surface area contributed by atoms with Crippen LogP contribution in [0.2, 0.25) is 0 Å². The molecule has 9 aromatic rings. The van der Waals surface area contributed by atoms with Gasteiger partial charge in [-0.05, 0) is 73.6 Å². The van der Waals surface area contributed by atoms with E-state index in [-0.39, 0.29) is 64.3 Å². The van der Waals surface area contributed by atoms with E-state index in [1.807, 2.05) is 50.2 Å². The summed E-state index contributed by atoms with van der Waals surface area (Å²) in [6.07, 6.45) is 6.06. The van der Waals surface area contributed by atoms with Crippen LogP contribution in [0.4, 0.5) is 40.3 Å². The molecular formula is C58H64F4N10O6. The third-order valence-corrected chi connectivity index (χ3v) is 11.6. The zero-order chi connectivity index (χ0) is 56.6. The number of para-hydroxylation sites is 2. The molecule has 0 atom stereocenters. The summed E-state index contributed by atoms with van der Waals surface area (Å²) < 4.78 is 85.4. The molecule has 0 radical (unpaired) electrons. The molecule has 78 heavy (non-hydrogen) atoms. The van der Waals surface area contributed by atoms with Gasteiger partial charge < -0.3 is 44.8 Å². The van der Waals surface area contributed by atoms with Gasteiger partial charge in [0, 0.05) is 55.0 Å². The number of hydrogen-bond donors (Lipinski definition) is 3. The molecule has 0 saturated carbocycles. The Morgan fingerprint density at radius 2 is 0.974 bits per heavy atom. The number of nitrogens with two attached hydrogens (primary N) is 1. The average Bonchev–Trinajstić information content (AvgIpc) is 3.99. The van der Waals surface area contributed by atoms with Gasteiger partial charge in [-0.2, -0.15) is 0 Å². The first-order chi connectivity index (χ1) is 37.6. The van der Waals surface area contributed by atoms with Crippen molar-refractivity contribution in [3.05, 3.63) is 184 Å². The van der Waals surface area contributed by atoms with Gasteiger partial charge in [0.05, 0.1) is 68.2 Å². The van der Waals surface area contributed by atoms with Gasteiger partial charge in [0.25, 0.3) is 11.1 Å². The molecule has 0 amide bonds. The molecule has 0 bridgehead atoms. The lowest BCUT2D eigenvalue weighted by atomic mass is 10.1. The number of nitrogens with one attached hydrogen (secondary N) is 2. The minimum Gasteiger partial charge on any atom is -0.493 e. The number of aromatic amines is 1. The standard InChI is InChI=1S/C27H28F2N4O3.C26H21F2N5O3.C4H10.CH5N/c1-17(2)30-12-13-32(26-24(28)22(35-3)15-23(36-4)25(26)29)19-10-11-21-20(14-19)27(34)33(16-31-21)18-8-6-5-7-9-18;1-35-20-13-21(36-2)24(28)25(23(20)27)32(14-22-29-10-11-30-22)17-8-9-19-18(12-17)26(34)33(15-31-19)16-6-4-3-5-7-16;1-4(2)3;1-2/h5-11,14-17,30H,12-13H2,1-4H3;3-13,15H,14H2,1-2H3,(H,29,30);4H,1-3H3;2H2,1H3. The number of aromatic nitrogens is 6. The highest BCUT2D eigenvalue weighted by Crippen LogP contribution is 2.42. The first kappa shape index (κ1) is 58.5. The van der Waals surface area contributed by atoms with E-state index in [9.17, 15) is 9.59 Å². The Bertz CT molecular complexity index is 3470. The molecule has 20 heteroatoms. The molecule has 3 heterocycles. The van der Waals surface area contributed by atoms with Crippen LogP contribution in [0.5, 0.6) is 23.0 Å². The molecule has 0 unspecified atom stereocenters. The van der Waals surface area contributed by atoms with Crippen molar-refractivity contribution in [1.82, 2.24) is 34.4 Å². The maximum Gasteiger partial charge on any atom is 0.265 e. The molecule has 0 aliphatic rings. The summed E-state index contributed by atoms with van der Waals surface area (Å²) >= 11 is 0. The van der Waals surface area contributed by atoms with Gasteiger partial charge in [0.1, 0.15) is 29.9 Å². The van der Waals surface area contributed by atoms with E-state index in [0.29, 0.717) is 51.5 Å². The molecule has 9 rings (SSSR count). The first-order valence-corrected chi connectivity index (χ1v) is 24.8. The number of imidazole rings is 1. The van der Waals surface area contributed by atoms with E-state index in [0.717, 1.165) is 12.0 Å². The van der Waals surface area contributed by atoms with Crippen LogP contribution in [0.3, 0.4) is 0 Å². The van der Waals surface area contributed by atoms with Gasteiger partial charge in [0.2, 0.25) is 0 Å². The van der Waals surface area contributed by atoms with Gasteiger partial charge in [-0.15, -0.1) is 0 Å². The van der Waals surface area contributed by atoms with E-state index in [4.69, 9.17) is 18.9 Å². The third-order valence-electron chi connectivity index (χ3n) is 11.6. The summed E-state index contributed by atoms with van der Waals surface area (Å²) in [5.41, 5.74) is 6.13. The van der Waals surface area contributed by atoms with Crippen molar-refractivity contribution in [1.29, 1.82) is 0 Å². The van der Waals surface area contributed by atoms with Crippen LogP contribution in [0.25, 0.3) is 33.2 Å². The number of ether oxygens (including phenoxy) is 4. The fourth-order valence-corrected chi connectivity index (χ4v) is 7.99. The Morgan fingerprint density at radius 1 is 0.577 bits per heavy atom. The number of benzene rings is 6. The third kappa shape index (κ3) is 13.4. The van der Waals surface area contributed by atoms with E-state index in [1.54, 1.807) is 66.9 Å². The Labute approximate surface area is 449 Å². The molecule has 0 aliphatic carbocycles. The summed E-state index contributed by atoms with van der Waals surface area (Å²) in [6.45, 7) is 11.1. The Kier molecular flexibility index (Phi) is 20.5. The molecule has 4 N–H and O–H groups in total. The predicted molar refractivity (Wildman–Crippen MR) is 299 cm³/mol. The summed E-state index contributed by atoms with van der Waals surface area (Å²) in [6, 6.07) is 30.4. The van der Waals surface area contributed by atoms with E-state index >= 15 is 17.6 Å². The minimum absolute atomic E-state index is 0.0319. The van der Waals surface area contributed by atoms with Crippen molar-refractivity contribution < 1.29 is 36.5 Å². The first-order valence-electron chi connectivity index (χ1n) is 24.8. The molecule has 16 nitrogen and oxygen atoms in total. The predicted octanol–water partition coefficient (Wildman–Crippen LogP) is 10.8. The second-order valence-corrected chi connectivity index (χ2v) is 18.0. The van der Waals surface area contributed by atoms with Crippen molar-refractivity contribution in [3.63, 3.8) is 0 Å². The quantitative estimate of drug-likeness (QED) is 0.0779. The fourth-order valence-electron chi connectivity index (χ4n) is 7.99. The molecule has 0 fully saturated rings. The van der Waals surface area contributed by atoms with Crippen molar-refractivity contribution in [2.24, 2.45) is 11.7 Å². The number of hydrogen-bond acceptors (Lipinski definition) is 13. The molecule has 0 aliphatic heterocycles. The Morgan fingerprint density at radius 3 is 1.35 bits per heavy atom. The van der Waals surface area contributed by atoms with Crippen LogP contribution in [0.15, 0.2) is 144 Å². The van der Waals surface area contributed by atoms with Crippen LogP contribution in [0.1, 0.15) is 40.4 Å². The lowest BCUT2D eigenvalue weighted by Gasteiger charge is -2.28. The Balaban J connectivity index is 0.000000229. The number of anilines is 4. The van der Waals surface area contributed by atoms with Crippen LogP contribution >= 0.6 is 0 Å². The zero-order valence-corrected chi connectivity index (χ0v) is 45.1. The topological polar surface area (TPSA) is 180 Å². The number of methoxy groups -OCH3 is 4. The van der Waals surface area contributed by atoms with Crippen molar-refractivity contribution in [3.8, 4) is 34.4 Å². The fraction of sp³-hybridized carbons (Fsp3) is 0.259. The molecule has 3 aromatic heterocycles. The molecular weight excluding hydrogens is 1010 g/mol. The molecule has 410 valence electrons. The van der Waals surface area contributed by atoms with Crippen LogP contribution in [0, 0.1) is 29.2 Å². The minimum atomic E-state index is -0.921. The average molecular weight is 1070 g/mol. The highest BCUT2D eigenvalue weighted by molar-refractivity contribution is 5.85. The lowest BCUT2D eigenvalue weighted by Crippen LogP contribution is -2.33. The monoisotopic (exact) mass is 1070 g/mol. The van der Waals surface area contributed by atoms with Crippen molar-refractivity contribution in [2.45, 2.75) is 47.2 Å². The smallest absolute Gasteiger partial charge is 0.265 e. The molecule has 0 saturated heterocycles. The van der Waals surface area contributed by atoms with Gasteiger partial charge in [0.15, 0.2) is 46.3 Å².